The summed E-state index contributed by atoms with van der Waals surface area (Å²) in [5.74, 6) is -0.967. The number of hydrogen-bond donors (Lipinski definition) is 0. The molecular formula is C21H19F2N3O2S. The van der Waals surface area contributed by atoms with Crippen LogP contribution in [-0.4, -0.2) is 35.8 Å². The van der Waals surface area contributed by atoms with Gasteiger partial charge in [-0.15, -0.1) is 0 Å². The molecule has 0 saturated carbocycles. The van der Waals surface area contributed by atoms with Crippen LogP contribution < -0.4 is 0 Å². The van der Waals surface area contributed by atoms with Gasteiger partial charge in [-0.2, -0.15) is 4.31 Å². The molecule has 0 radical (unpaired) electrons. The van der Waals surface area contributed by atoms with Crippen molar-refractivity contribution in [3.63, 3.8) is 0 Å². The minimum atomic E-state index is -3.73. The van der Waals surface area contributed by atoms with E-state index >= 15 is 0 Å². The summed E-state index contributed by atoms with van der Waals surface area (Å²) in [7, 11) is -3.73. The Morgan fingerprint density at radius 3 is 2.21 bits per heavy atom. The first-order valence-corrected chi connectivity index (χ1v) is 10.7. The molecule has 1 saturated heterocycles. The molecule has 0 N–H and O–H groups in total. The highest BCUT2D eigenvalue weighted by atomic mass is 32.2. The van der Waals surface area contributed by atoms with Crippen LogP contribution in [0.3, 0.4) is 0 Å². The van der Waals surface area contributed by atoms with Gasteiger partial charge in [-0.1, -0.05) is 0 Å². The van der Waals surface area contributed by atoms with E-state index in [1.807, 2.05) is 0 Å². The fourth-order valence-corrected chi connectivity index (χ4v) is 5.14. The molecule has 8 heteroatoms. The highest BCUT2D eigenvalue weighted by molar-refractivity contribution is 7.89. The highest BCUT2D eigenvalue weighted by Crippen LogP contribution is 2.33. The average molecular weight is 415 g/mol. The molecule has 1 unspecified atom stereocenters. The van der Waals surface area contributed by atoms with Gasteiger partial charge >= 0.3 is 0 Å². The van der Waals surface area contributed by atoms with E-state index in [-0.39, 0.29) is 23.2 Å². The first kappa shape index (κ1) is 19.6. The molecule has 0 bridgehead atoms. The van der Waals surface area contributed by atoms with E-state index in [9.17, 15) is 17.2 Å². The fraction of sp³-hybridized carbons (Fsp3) is 0.238. The van der Waals surface area contributed by atoms with Crippen molar-refractivity contribution in [2.45, 2.75) is 23.7 Å². The number of piperidine rings is 1. The largest absolute Gasteiger partial charge is 0.257 e. The lowest BCUT2D eigenvalue weighted by atomic mass is 9.92. The van der Waals surface area contributed by atoms with Crippen molar-refractivity contribution in [1.29, 1.82) is 0 Å². The number of nitrogens with zero attached hydrogens (tertiary/aromatic N) is 3. The topological polar surface area (TPSA) is 63.2 Å². The summed E-state index contributed by atoms with van der Waals surface area (Å²) in [5.41, 5.74) is 2.05. The summed E-state index contributed by atoms with van der Waals surface area (Å²) < 4.78 is 53.9. The predicted molar refractivity (Wildman–Crippen MR) is 105 cm³/mol. The number of rotatable bonds is 4. The molecule has 1 aliphatic heterocycles. The van der Waals surface area contributed by atoms with Gasteiger partial charge in [0, 0.05) is 37.0 Å². The quantitative estimate of drug-likeness (QED) is 0.646. The van der Waals surface area contributed by atoms with Crippen LogP contribution in [0, 0.1) is 11.6 Å². The Kier molecular flexibility index (Phi) is 5.38. The first-order chi connectivity index (χ1) is 13.9. The molecule has 2 heterocycles. The van der Waals surface area contributed by atoms with E-state index in [0.717, 1.165) is 24.1 Å². The maximum Gasteiger partial charge on any atom is 0.243 e. The molecule has 1 aromatic heterocycles. The number of halogens is 2. The van der Waals surface area contributed by atoms with Crippen LogP contribution in [0.25, 0.3) is 11.3 Å². The Balaban J connectivity index is 1.64. The summed E-state index contributed by atoms with van der Waals surface area (Å²) >= 11 is 0. The van der Waals surface area contributed by atoms with Crippen LogP contribution in [0.1, 0.15) is 24.5 Å². The predicted octanol–water partition coefficient (Wildman–Crippen LogP) is 3.99. The molecule has 29 heavy (non-hydrogen) atoms. The zero-order valence-electron chi connectivity index (χ0n) is 15.5. The smallest absolute Gasteiger partial charge is 0.243 e. The molecule has 0 spiro atoms. The lowest BCUT2D eigenvalue weighted by Gasteiger charge is -2.32. The molecule has 1 fully saturated rings. The standard InChI is InChI=1S/C21H19F2N3O2S/c22-17-5-3-15(4-6-17)20-21(25-12-11-24-20)16-2-1-13-26(14-16)29(27,28)19-9-7-18(23)8-10-19/h3-12,16H,1-2,13-14H2. The van der Waals surface area contributed by atoms with Gasteiger partial charge < -0.3 is 0 Å². The second-order valence-electron chi connectivity index (χ2n) is 6.95. The lowest BCUT2D eigenvalue weighted by Crippen LogP contribution is -2.39. The molecule has 3 aromatic rings. The third-order valence-electron chi connectivity index (χ3n) is 5.07. The van der Waals surface area contributed by atoms with Crippen molar-refractivity contribution >= 4 is 10.0 Å². The Labute approximate surface area is 168 Å². The van der Waals surface area contributed by atoms with Crippen molar-refractivity contribution in [2.24, 2.45) is 0 Å². The van der Waals surface area contributed by atoms with Gasteiger partial charge in [0.15, 0.2) is 0 Å². The van der Waals surface area contributed by atoms with Gasteiger partial charge in [-0.05, 0) is 61.4 Å². The second kappa shape index (κ2) is 7.96. The molecule has 4 rings (SSSR count). The van der Waals surface area contributed by atoms with Crippen LogP contribution in [-0.2, 0) is 10.0 Å². The number of hydrogen-bond acceptors (Lipinski definition) is 4. The summed E-state index contributed by atoms with van der Waals surface area (Å²) in [6, 6.07) is 10.8. The zero-order chi connectivity index (χ0) is 20.4. The number of aromatic nitrogens is 2. The van der Waals surface area contributed by atoms with Crippen molar-refractivity contribution in [2.75, 3.05) is 13.1 Å². The third kappa shape index (κ3) is 4.04. The third-order valence-corrected chi connectivity index (χ3v) is 6.95. The van der Waals surface area contributed by atoms with Crippen LogP contribution in [0.15, 0.2) is 65.8 Å². The van der Waals surface area contributed by atoms with Gasteiger partial charge in [0.2, 0.25) is 10.0 Å². The zero-order valence-corrected chi connectivity index (χ0v) is 16.3. The van der Waals surface area contributed by atoms with Crippen LogP contribution in [0.4, 0.5) is 8.78 Å². The van der Waals surface area contributed by atoms with Crippen LogP contribution in [0.5, 0.6) is 0 Å². The Bertz CT molecular complexity index is 1100. The maximum atomic E-state index is 13.3. The van der Waals surface area contributed by atoms with Gasteiger partial charge in [0.25, 0.3) is 0 Å². The fourth-order valence-electron chi connectivity index (χ4n) is 3.62. The highest BCUT2D eigenvalue weighted by Gasteiger charge is 2.32. The van der Waals surface area contributed by atoms with Gasteiger partial charge in [-0.25, -0.2) is 17.2 Å². The molecule has 5 nitrogen and oxygen atoms in total. The van der Waals surface area contributed by atoms with E-state index in [2.05, 4.69) is 9.97 Å². The summed E-state index contributed by atoms with van der Waals surface area (Å²) in [5, 5.41) is 0. The summed E-state index contributed by atoms with van der Waals surface area (Å²) in [6.45, 7) is 0.648. The maximum absolute atomic E-state index is 13.3. The van der Waals surface area contributed by atoms with Crippen molar-refractivity contribution in [3.05, 3.63) is 78.3 Å². The second-order valence-corrected chi connectivity index (χ2v) is 8.89. The summed E-state index contributed by atoms with van der Waals surface area (Å²) in [6.07, 6.45) is 4.58. The molecule has 0 aliphatic carbocycles. The Morgan fingerprint density at radius 1 is 0.897 bits per heavy atom. The number of benzene rings is 2. The number of sulfonamides is 1. The minimum Gasteiger partial charge on any atom is -0.257 e. The molecule has 1 atom stereocenters. The molecule has 0 amide bonds. The SMILES string of the molecule is O=S(=O)(c1ccc(F)cc1)N1CCCC(c2nccnc2-c2ccc(F)cc2)C1. The molecule has 2 aromatic carbocycles. The Morgan fingerprint density at radius 2 is 1.52 bits per heavy atom. The van der Waals surface area contributed by atoms with Crippen molar-refractivity contribution in [1.82, 2.24) is 14.3 Å². The average Bonchev–Trinajstić information content (AvgIpc) is 2.75. The van der Waals surface area contributed by atoms with Gasteiger partial charge in [-0.3, -0.25) is 9.97 Å². The van der Waals surface area contributed by atoms with Crippen LogP contribution >= 0.6 is 0 Å². The van der Waals surface area contributed by atoms with Crippen LogP contribution in [0.2, 0.25) is 0 Å². The van der Waals surface area contributed by atoms with Gasteiger partial charge in [0.05, 0.1) is 16.3 Å². The first-order valence-electron chi connectivity index (χ1n) is 9.28. The van der Waals surface area contributed by atoms with E-state index in [1.165, 1.54) is 28.6 Å². The monoisotopic (exact) mass is 415 g/mol. The normalized spacial score (nSPS) is 17.9. The van der Waals surface area contributed by atoms with Gasteiger partial charge in [0.1, 0.15) is 11.6 Å². The lowest BCUT2D eigenvalue weighted by molar-refractivity contribution is 0.312. The van der Waals surface area contributed by atoms with Crippen molar-refractivity contribution < 1.29 is 17.2 Å². The summed E-state index contributed by atoms with van der Waals surface area (Å²) in [4.78, 5) is 8.96. The minimum absolute atomic E-state index is 0.0671. The Hall–Kier alpha value is -2.71. The van der Waals surface area contributed by atoms with E-state index in [4.69, 9.17) is 0 Å². The van der Waals surface area contributed by atoms with Crippen molar-refractivity contribution in [3.8, 4) is 11.3 Å². The van der Waals surface area contributed by atoms with E-state index < -0.39 is 15.8 Å². The van der Waals surface area contributed by atoms with E-state index in [1.54, 1.807) is 24.5 Å². The molecule has 150 valence electrons. The van der Waals surface area contributed by atoms with E-state index in [0.29, 0.717) is 24.4 Å². The molecular weight excluding hydrogens is 396 g/mol. The molecule has 1 aliphatic rings.